The molecule has 0 radical (unpaired) electrons. The molecular weight excluding hydrogens is 354 g/mol. The highest BCUT2D eigenvalue weighted by atomic mass is 35.5. The van der Waals surface area contributed by atoms with E-state index in [1.165, 1.54) is 51.6 Å². The quantitative estimate of drug-likeness (QED) is 0.757. The minimum absolute atomic E-state index is 0.0744. The fraction of sp³-hybridized carbons (Fsp3) is 0.188. The van der Waals surface area contributed by atoms with Gasteiger partial charge >= 0.3 is 5.97 Å². The van der Waals surface area contributed by atoms with Crippen molar-refractivity contribution in [1.82, 2.24) is 0 Å². The van der Waals surface area contributed by atoms with Gasteiger partial charge in [0.15, 0.2) is 0 Å². The van der Waals surface area contributed by atoms with Gasteiger partial charge in [0.1, 0.15) is 5.75 Å². The maximum Gasteiger partial charge on any atom is 0.337 e. The molecule has 0 aromatic heterocycles. The van der Waals surface area contributed by atoms with E-state index in [2.05, 4.69) is 4.74 Å². The van der Waals surface area contributed by atoms with Gasteiger partial charge in [-0.2, -0.15) is 0 Å². The van der Waals surface area contributed by atoms with E-state index in [0.29, 0.717) is 5.75 Å². The van der Waals surface area contributed by atoms with Crippen molar-refractivity contribution in [3.8, 4) is 5.75 Å². The Hall–Kier alpha value is -2.25. The van der Waals surface area contributed by atoms with E-state index in [-0.39, 0.29) is 21.2 Å². The van der Waals surface area contributed by atoms with Crippen LogP contribution in [-0.4, -0.2) is 35.7 Å². The molecule has 0 saturated carbocycles. The summed E-state index contributed by atoms with van der Waals surface area (Å²) in [7, 11) is 0.254. The van der Waals surface area contributed by atoms with Crippen LogP contribution < -0.4 is 9.04 Å². The normalized spacial score (nSPS) is 11.0. The minimum atomic E-state index is -3.85. The average Bonchev–Trinajstić information content (AvgIpc) is 2.60. The number of anilines is 1. The van der Waals surface area contributed by atoms with Gasteiger partial charge in [0.05, 0.1) is 35.4 Å². The second kappa shape index (κ2) is 7.11. The molecule has 8 heteroatoms. The molecule has 0 unspecified atom stereocenters. The molecule has 2 rings (SSSR count). The van der Waals surface area contributed by atoms with Gasteiger partial charge in [0.25, 0.3) is 10.0 Å². The fourth-order valence-electron chi connectivity index (χ4n) is 2.03. The molecule has 0 amide bonds. The van der Waals surface area contributed by atoms with Crippen molar-refractivity contribution in [2.24, 2.45) is 0 Å². The van der Waals surface area contributed by atoms with Gasteiger partial charge in [-0.25, -0.2) is 13.2 Å². The molecule has 6 nitrogen and oxygen atoms in total. The van der Waals surface area contributed by atoms with Crippen LogP contribution in [0.15, 0.2) is 47.4 Å². The van der Waals surface area contributed by atoms with Gasteiger partial charge in [0, 0.05) is 7.05 Å². The molecule has 2 aromatic carbocycles. The van der Waals surface area contributed by atoms with Gasteiger partial charge in [0.2, 0.25) is 0 Å². The maximum atomic E-state index is 12.7. The van der Waals surface area contributed by atoms with E-state index in [9.17, 15) is 13.2 Å². The number of carbonyl (C=O) groups is 1. The molecule has 128 valence electrons. The summed E-state index contributed by atoms with van der Waals surface area (Å²) in [5.41, 5.74) is 0.379. The van der Waals surface area contributed by atoms with Crippen molar-refractivity contribution < 1.29 is 22.7 Å². The SMILES string of the molecule is COC(=O)c1ccc(Cl)c(N(C)S(=O)(=O)c2ccc(OC)cc2)c1. The van der Waals surface area contributed by atoms with E-state index in [0.717, 1.165) is 4.31 Å². The molecule has 0 spiro atoms. The molecule has 0 atom stereocenters. The lowest BCUT2D eigenvalue weighted by atomic mass is 10.2. The first-order valence-corrected chi connectivity index (χ1v) is 8.64. The highest BCUT2D eigenvalue weighted by Gasteiger charge is 2.24. The highest BCUT2D eigenvalue weighted by Crippen LogP contribution is 2.31. The molecule has 2 aromatic rings. The number of halogens is 1. The molecule has 0 fully saturated rings. The first-order chi connectivity index (χ1) is 11.3. The lowest BCUT2D eigenvalue weighted by molar-refractivity contribution is 0.0601. The molecule has 0 bridgehead atoms. The first-order valence-electron chi connectivity index (χ1n) is 6.82. The summed E-state index contributed by atoms with van der Waals surface area (Å²) < 4.78 is 36.2. The van der Waals surface area contributed by atoms with Crippen LogP contribution >= 0.6 is 11.6 Å². The zero-order valence-corrected chi connectivity index (χ0v) is 14.9. The van der Waals surface area contributed by atoms with Crippen LogP contribution in [-0.2, 0) is 14.8 Å². The van der Waals surface area contributed by atoms with Crippen LogP contribution in [0.25, 0.3) is 0 Å². The van der Waals surface area contributed by atoms with Crippen LogP contribution in [0, 0.1) is 0 Å². The number of hydrogen-bond donors (Lipinski definition) is 0. The van der Waals surface area contributed by atoms with E-state index in [1.807, 2.05) is 0 Å². The zero-order valence-electron chi connectivity index (χ0n) is 13.3. The van der Waals surface area contributed by atoms with Gasteiger partial charge in [-0.3, -0.25) is 4.31 Å². The van der Waals surface area contributed by atoms with Crippen molar-refractivity contribution >= 4 is 33.3 Å². The van der Waals surface area contributed by atoms with Crippen molar-refractivity contribution in [2.45, 2.75) is 4.90 Å². The Balaban J connectivity index is 2.45. The number of hydrogen-bond acceptors (Lipinski definition) is 5. The number of nitrogens with zero attached hydrogens (tertiary/aromatic N) is 1. The van der Waals surface area contributed by atoms with E-state index in [4.69, 9.17) is 16.3 Å². The topological polar surface area (TPSA) is 72.9 Å². The molecule has 0 aliphatic heterocycles. The molecule has 0 heterocycles. The van der Waals surface area contributed by atoms with Crippen molar-refractivity contribution in [3.05, 3.63) is 53.1 Å². The van der Waals surface area contributed by atoms with Crippen molar-refractivity contribution in [2.75, 3.05) is 25.6 Å². The summed E-state index contributed by atoms with van der Waals surface area (Å²) in [4.78, 5) is 11.7. The highest BCUT2D eigenvalue weighted by molar-refractivity contribution is 7.92. The van der Waals surface area contributed by atoms with Crippen molar-refractivity contribution in [1.29, 1.82) is 0 Å². The van der Waals surface area contributed by atoms with Crippen LogP contribution in [0.5, 0.6) is 5.75 Å². The molecule has 0 N–H and O–H groups in total. The number of benzene rings is 2. The molecule has 24 heavy (non-hydrogen) atoms. The lowest BCUT2D eigenvalue weighted by Gasteiger charge is -2.21. The number of esters is 1. The van der Waals surface area contributed by atoms with E-state index in [1.54, 1.807) is 12.1 Å². The standard InChI is InChI=1S/C16H16ClNO5S/c1-18(15-10-11(16(19)23-3)4-9-14(15)17)24(20,21)13-7-5-12(22-2)6-8-13/h4-10H,1-3H3. The predicted octanol–water partition coefficient (Wildman–Crippen LogP) is 2.96. The van der Waals surface area contributed by atoms with Crippen LogP contribution in [0.1, 0.15) is 10.4 Å². The lowest BCUT2D eigenvalue weighted by Crippen LogP contribution is -2.27. The Morgan fingerprint density at radius 3 is 2.25 bits per heavy atom. The first kappa shape index (κ1) is 18.1. The molecule has 0 aliphatic carbocycles. The Morgan fingerprint density at radius 2 is 1.71 bits per heavy atom. The summed E-state index contributed by atoms with van der Waals surface area (Å²) >= 11 is 6.10. The molecular formula is C16H16ClNO5S. The second-order valence-corrected chi connectivity index (χ2v) is 7.18. The smallest absolute Gasteiger partial charge is 0.337 e. The summed E-state index contributed by atoms with van der Waals surface area (Å²) in [5, 5.41) is 0.197. The summed E-state index contributed by atoms with van der Waals surface area (Å²) in [6.07, 6.45) is 0. The Morgan fingerprint density at radius 1 is 1.08 bits per heavy atom. The third-order valence-electron chi connectivity index (χ3n) is 3.42. The Bertz CT molecular complexity index is 849. The monoisotopic (exact) mass is 369 g/mol. The van der Waals surface area contributed by atoms with Crippen LogP contribution in [0.4, 0.5) is 5.69 Å². The number of ether oxygens (including phenoxy) is 2. The van der Waals surface area contributed by atoms with E-state index >= 15 is 0 Å². The molecule has 0 aliphatic rings. The van der Waals surface area contributed by atoms with Gasteiger partial charge in [-0.1, -0.05) is 11.6 Å². The molecule has 0 saturated heterocycles. The van der Waals surface area contributed by atoms with Gasteiger partial charge < -0.3 is 9.47 Å². The zero-order chi connectivity index (χ0) is 17.9. The van der Waals surface area contributed by atoms with Gasteiger partial charge in [-0.15, -0.1) is 0 Å². The number of sulfonamides is 1. The van der Waals surface area contributed by atoms with E-state index < -0.39 is 16.0 Å². The largest absolute Gasteiger partial charge is 0.497 e. The van der Waals surface area contributed by atoms with Crippen LogP contribution in [0.2, 0.25) is 5.02 Å². The number of methoxy groups -OCH3 is 2. The third kappa shape index (κ3) is 3.47. The summed E-state index contributed by atoms with van der Waals surface area (Å²) in [6, 6.07) is 10.2. The summed E-state index contributed by atoms with van der Waals surface area (Å²) in [6.45, 7) is 0. The maximum absolute atomic E-state index is 12.7. The third-order valence-corrected chi connectivity index (χ3v) is 5.53. The number of carbonyl (C=O) groups excluding carboxylic acids is 1. The van der Waals surface area contributed by atoms with Crippen molar-refractivity contribution in [3.63, 3.8) is 0 Å². The Kier molecular flexibility index (Phi) is 5.36. The predicted molar refractivity (Wildman–Crippen MR) is 91.4 cm³/mol. The van der Waals surface area contributed by atoms with Gasteiger partial charge in [-0.05, 0) is 42.5 Å². The average molecular weight is 370 g/mol. The minimum Gasteiger partial charge on any atom is -0.497 e. The second-order valence-electron chi connectivity index (χ2n) is 4.81. The summed E-state index contributed by atoms with van der Waals surface area (Å²) in [5.74, 6) is -0.0366. The number of rotatable bonds is 5. The Labute approximate surface area is 145 Å². The fourth-order valence-corrected chi connectivity index (χ4v) is 3.53. The van der Waals surface area contributed by atoms with Crippen LogP contribution in [0.3, 0.4) is 0 Å².